The van der Waals surface area contributed by atoms with Gasteiger partial charge in [-0.2, -0.15) is 0 Å². The van der Waals surface area contributed by atoms with Crippen LogP contribution in [0, 0.1) is 13.8 Å². The summed E-state index contributed by atoms with van der Waals surface area (Å²) in [6.07, 6.45) is 0. The van der Waals surface area contributed by atoms with Gasteiger partial charge in [0.1, 0.15) is 5.75 Å². The van der Waals surface area contributed by atoms with E-state index in [1.54, 1.807) is 18.9 Å². The van der Waals surface area contributed by atoms with Crippen molar-refractivity contribution in [3.63, 3.8) is 0 Å². The van der Waals surface area contributed by atoms with Gasteiger partial charge in [-0.05, 0) is 31.5 Å². The first kappa shape index (κ1) is 16.4. The zero-order chi connectivity index (χ0) is 15.9. The first-order chi connectivity index (χ1) is 10.6. The summed E-state index contributed by atoms with van der Waals surface area (Å²) >= 11 is 1.61. The largest absolute Gasteiger partial charge is 0.495 e. The van der Waals surface area contributed by atoms with Crippen LogP contribution in [-0.4, -0.2) is 18.8 Å². The van der Waals surface area contributed by atoms with E-state index in [1.165, 1.54) is 16.7 Å². The maximum absolute atomic E-state index is 12.0. The highest BCUT2D eigenvalue weighted by Gasteiger charge is 2.07. The molecule has 0 atom stereocenters. The Labute approximate surface area is 136 Å². The number of anilines is 1. The molecule has 0 aliphatic heterocycles. The molecule has 0 saturated heterocycles. The summed E-state index contributed by atoms with van der Waals surface area (Å²) < 4.78 is 5.22. The van der Waals surface area contributed by atoms with Gasteiger partial charge in [0.2, 0.25) is 5.91 Å². The molecule has 2 aromatic carbocycles. The summed E-state index contributed by atoms with van der Waals surface area (Å²) in [6.45, 7) is 4.19. The molecule has 116 valence electrons. The zero-order valence-corrected chi connectivity index (χ0v) is 14.0. The molecule has 0 saturated carbocycles. The number of hydrogen-bond donors (Lipinski definition) is 1. The minimum atomic E-state index is -0.0149. The summed E-state index contributed by atoms with van der Waals surface area (Å²) in [5, 5.41) is 2.89. The molecule has 4 heteroatoms. The highest BCUT2D eigenvalue weighted by atomic mass is 32.2. The molecule has 0 aromatic heterocycles. The molecule has 0 spiro atoms. The lowest BCUT2D eigenvalue weighted by atomic mass is 10.1. The number of methoxy groups -OCH3 is 1. The maximum Gasteiger partial charge on any atom is 0.234 e. The lowest BCUT2D eigenvalue weighted by Crippen LogP contribution is -2.14. The third kappa shape index (κ3) is 4.81. The van der Waals surface area contributed by atoms with Crippen molar-refractivity contribution >= 4 is 23.4 Å². The van der Waals surface area contributed by atoms with Crippen LogP contribution in [0.15, 0.2) is 42.5 Å². The number of hydrogen-bond acceptors (Lipinski definition) is 3. The van der Waals surface area contributed by atoms with Gasteiger partial charge in [-0.3, -0.25) is 4.79 Å². The van der Waals surface area contributed by atoms with E-state index in [2.05, 4.69) is 37.4 Å². The van der Waals surface area contributed by atoms with Crippen LogP contribution in [0.2, 0.25) is 0 Å². The van der Waals surface area contributed by atoms with E-state index in [-0.39, 0.29) is 5.91 Å². The van der Waals surface area contributed by atoms with E-state index in [4.69, 9.17) is 4.74 Å². The lowest BCUT2D eigenvalue weighted by molar-refractivity contribution is -0.113. The number of para-hydroxylation sites is 2. The average Bonchev–Trinajstić information content (AvgIpc) is 2.46. The summed E-state index contributed by atoms with van der Waals surface area (Å²) in [5.41, 5.74) is 4.48. The summed E-state index contributed by atoms with van der Waals surface area (Å²) in [6, 6.07) is 13.9. The van der Waals surface area contributed by atoms with Crippen molar-refractivity contribution < 1.29 is 9.53 Å². The monoisotopic (exact) mass is 315 g/mol. The van der Waals surface area contributed by atoms with Gasteiger partial charge in [-0.15, -0.1) is 11.8 Å². The van der Waals surface area contributed by atoms with Crippen LogP contribution in [0.1, 0.15) is 16.7 Å². The van der Waals surface area contributed by atoms with Crippen molar-refractivity contribution in [3.05, 3.63) is 59.2 Å². The Kier molecular flexibility index (Phi) is 5.90. The Balaban J connectivity index is 1.85. The van der Waals surface area contributed by atoms with Gasteiger partial charge < -0.3 is 10.1 Å². The van der Waals surface area contributed by atoms with Crippen LogP contribution >= 0.6 is 11.8 Å². The molecule has 0 aliphatic carbocycles. The topological polar surface area (TPSA) is 38.3 Å². The smallest absolute Gasteiger partial charge is 0.234 e. The van der Waals surface area contributed by atoms with Crippen molar-refractivity contribution in [1.82, 2.24) is 0 Å². The second-order valence-corrected chi connectivity index (χ2v) is 6.22. The number of rotatable bonds is 6. The number of thioether (sulfide) groups is 1. The molecule has 0 heterocycles. The Morgan fingerprint density at radius 1 is 1.14 bits per heavy atom. The second kappa shape index (κ2) is 7.90. The number of ether oxygens (including phenoxy) is 1. The molecule has 2 aromatic rings. The average molecular weight is 315 g/mol. The lowest BCUT2D eigenvalue weighted by Gasteiger charge is -2.10. The molecule has 0 bridgehead atoms. The van der Waals surface area contributed by atoms with E-state index < -0.39 is 0 Å². The Morgan fingerprint density at radius 2 is 1.82 bits per heavy atom. The normalized spacial score (nSPS) is 10.3. The van der Waals surface area contributed by atoms with Crippen LogP contribution in [0.4, 0.5) is 5.69 Å². The van der Waals surface area contributed by atoms with Crippen molar-refractivity contribution in [2.24, 2.45) is 0 Å². The van der Waals surface area contributed by atoms with E-state index in [0.717, 1.165) is 5.75 Å². The minimum absolute atomic E-state index is 0.0149. The van der Waals surface area contributed by atoms with Crippen molar-refractivity contribution in [3.8, 4) is 5.75 Å². The predicted octanol–water partition coefficient (Wildman–Crippen LogP) is 4.18. The SMILES string of the molecule is COc1ccccc1NC(=O)CSCc1cc(C)cc(C)c1. The van der Waals surface area contributed by atoms with Gasteiger partial charge in [-0.1, -0.05) is 41.5 Å². The summed E-state index contributed by atoms with van der Waals surface area (Å²) in [5.74, 6) is 1.92. The molecule has 0 radical (unpaired) electrons. The van der Waals surface area contributed by atoms with Crippen molar-refractivity contribution in [2.75, 3.05) is 18.2 Å². The van der Waals surface area contributed by atoms with Crippen LogP contribution in [0.5, 0.6) is 5.75 Å². The Bertz CT molecular complexity index is 635. The number of aryl methyl sites for hydroxylation is 2. The second-order valence-electron chi connectivity index (χ2n) is 5.24. The van der Waals surface area contributed by atoms with Crippen molar-refractivity contribution in [2.45, 2.75) is 19.6 Å². The standard InChI is InChI=1S/C18H21NO2S/c1-13-8-14(2)10-15(9-13)11-22-12-18(20)19-16-6-4-5-7-17(16)21-3/h4-10H,11-12H2,1-3H3,(H,19,20). The van der Waals surface area contributed by atoms with E-state index >= 15 is 0 Å². The fourth-order valence-electron chi connectivity index (χ4n) is 2.35. The van der Waals surface area contributed by atoms with Gasteiger partial charge in [0.05, 0.1) is 18.6 Å². The molecular formula is C18H21NO2S. The number of benzene rings is 2. The predicted molar refractivity (Wildman–Crippen MR) is 93.7 cm³/mol. The molecule has 0 unspecified atom stereocenters. The molecule has 2 rings (SSSR count). The summed E-state index contributed by atoms with van der Waals surface area (Å²) in [4.78, 5) is 12.0. The van der Waals surface area contributed by atoms with Gasteiger partial charge in [0, 0.05) is 5.75 Å². The fraction of sp³-hybridized carbons (Fsp3) is 0.278. The highest BCUT2D eigenvalue weighted by Crippen LogP contribution is 2.23. The number of nitrogens with one attached hydrogen (secondary N) is 1. The summed E-state index contributed by atoms with van der Waals surface area (Å²) in [7, 11) is 1.60. The third-order valence-corrected chi connectivity index (χ3v) is 4.17. The number of carbonyl (C=O) groups excluding carboxylic acids is 1. The number of carbonyl (C=O) groups is 1. The van der Waals surface area contributed by atoms with Gasteiger partial charge in [0.15, 0.2) is 0 Å². The highest BCUT2D eigenvalue weighted by molar-refractivity contribution is 7.99. The van der Waals surface area contributed by atoms with Crippen LogP contribution in [-0.2, 0) is 10.5 Å². The van der Waals surface area contributed by atoms with Gasteiger partial charge in [-0.25, -0.2) is 0 Å². The van der Waals surface area contributed by atoms with Crippen LogP contribution in [0.3, 0.4) is 0 Å². The molecule has 1 N–H and O–H groups in total. The maximum atomic E-state index is 12.0. The number of amides is 1. The zero-order valence-electron chi connectivity index (χ0n) is 13.2. The van der Waals surface area contributed by atoms with Gasteiger partial charge in [0.25, 0.3) is 0 Å². The first-order valence-corrected chi connectivity index (χ1v) is 8.32. The van der Waals surface area contributed by atoms with Crippen molar-refractivity contribution in [1.29, 1.82) is 0 Å². The van der Waals surface area contributed by atoms with Crippen LogP contribution < -0.4 is 10.1 Å². The first-order valence-electron chi connectivity index (χ1n) is 7.16. The fourth-order valence-corrected chi connectivity index (χ4v) is 3.11. The molecule has 0 fully saturated rings. The molecule has 0 aliphatic rings. The van der Waals surface area contributed by atoms with E-state index in [1.807, 2.05) is 24.3 Å². The third-order valence-electron chi connectivity index (χ3n) is 3.16. The van der Waals surface area contributed by atoms with E-state index in [0.29, 0.717) is 17.2 Å². The molecular weight excluding hydrogens is 294 g/mol. The minimum Gasteiger partial charge on any atom is -0.495 e. The Hall–Kier alpha value is -1.94. The van der Waals surface area contributed by atoms with Crippen LogP contribution in [0.25, 0.3) is 0 Å². The quantitative estimate of drug-likeness (QED) is 0.869. The Morgan fingerprint density at radius 3 is 2.50 bits per heavy atom. The molecule has 3 nitrogen and oxygen atoms in total. The van der Waals surface area contributed by atoms with E-state index in [9.17, 15) is 4.79 Å². The molecule has 1 amide bonds. The van der Waals surface area contributed by atoms with Gasteiger partial charge >= 0.3 is 0 Å². The molecule has 22 heavy (non-hydrogen) atoms.